The second kappa shape index (κ2) is 8.66. The van der Waals surface area contributed by atoms with E-state index in [1.807, 2.05) is 12.1 Å². The van der Waals surface area contributed by atoms with Crippen LogP contribution in [-0.4, -0.2) is 30.1 Å². The van der Waals surface area contributed by atoms with Gasteiger partial charge in [0, 0.05) is 30.6 Å². The van der Waals surface area contributed by atoms with E-state index in [4.69, 9.17) is 9.47 Å². The number of hydrogen-bond donors (Lipinski definition) is 2. The minimum atomic E-state index is -0.273. The zero-order valence-corrected chi connectivity index (χ0v) is 15.1. The lowest BCUT2D eigenvalue weighted by Gasteiger charge is -2.10. The lowest BCUT2D eigenvalue weighted by molar-refractivity contribution is 0.102. The summed E-state index contributed by atoms with van der Waals surface area (Å²) in [5, 5.41) is 6.02. The molecule has 138 valence electrons. The molecule has 7 heteroatoms. The lowest BCUT2D eigenvalue weighted by Crippen LogP contribution is -2.12. The maximum Gasteiger partial charge on any atom is 0.255 e. The third kappa shape index (κ3) is 4.94. The van der Waals surface area contributed by atoms with Crippen molar-refractivity contribution in [1.82, 2.24) is 9.97 Å². The van der Waals surface area contributed by atoms with Crippen molar-refractivity contribution in [3.63, 3.8) is 0 Å². The van der Waals surface area contributed by atoms with Crippen LogP contribution in [0, 0.1) is 0 Å². The molecule has 7 nitrogen and oxygen atoms in total. The molecular weight excluding hydrogens is 344 g/mol. The van der Waals surface area contributed by atoms with E-state index in [1.54, 1.807) is 48.9 Å². The largest absolute Gasteiger partial charge is 0.497 e. The number of hydrogen-bond acceptors (Lipinski definition) is 6. The number of methoxy groups -OCH3 is 2. The summed E-state index contributed by atoms with van der Waals surface area (Å²) in [6.45, 7) is 0.621. The van der Waals surface area contributed by atoms with Crippen LogP contribution in [0.2, 0.25) is 0 Å². The molecule has 0 radical (unpaired) electrons. The number of benzene rings is 1. The average molecular weight is 364 g/mol. The first kappa shape index (κ1) is 18.2. The fraction of sp³-hybridized carbons (Fsp3) is 0.150. The van der Waals surface area contributed by atoms with E-state index in [2.05, 4.69) is 20.6 Å². The molecule has 3 aromatic rings. The number of nitrogens with zero attached hydrogens (tertiary/aromatic N) is 2. The number of anilines is 2. The fourth-order valence-corrected chi connectivity index (χ4v) is 2.41. The summed E-state index contributed by atoms with van der Waals surface area (Å²) < 4.78 is 10.4. The van der Waals surface area contributed by atoms with Crippen LogP contribution in [0.4, 0.5) is 11.5 Å². The first-order valence-corrected chi connectivity index (χ1v) is 8.31. The molecule has 3 rings (SSSR count). The van der Waals surface area contributed by atoms with Crippen LogP contribution in [0.25, 0.3) is 0 Å². The van der Waals surface area contributed by atoms with Crippen LogP contribution in [0.3, 0.4) is 0 Å². The minimum Gasteiger partial charge on any atom is -0.497 e. The van der Waals surface area contributed by atoms with Crippen LogP contribution in [0.1, 0.15) is 15.9 Å². The van der Waals surface area contributed by atoms with Crippen molar-refractivity contribution in [3.05, 3.63) is 72.2 Å². The van der Waals surface area contributed by atoms with Gasteiger partial charge in [0.25, 0.3) is 5.91 Å². The number of ether oxygens (including phenoxy) is 2. The maximum absolute atomic E-state index is 12.5. The van der Waals surface area contributed by atoms with Gasteiger partial charge in [-0.25, -0.2) is 4.98 Å². The molecule has 0 spiro atoms. The van der Waals surface area contributed by atoms with Crippen molar-refractivity contribution in [3.8, 4) is 11.5 Å². The van der Waals surface area contributed by atoms with E-state index in [1.165, 1.54) is 14.2 Å². The predicted octanol–water partition coefficient (Wildman–Crippen LogP) is 3.36. The van der Waals surface area contributed by atoms with Crippen LogP contribution in [0.5, 0.6) is 11.5 Å². The van der Waals surface area contributed by atoms with Gasteiger partial charge in [0.05, 0.1) is 26.1 Å². The lowest BCUT2D eigenvalue weighted by atomic mass is 10.2. The Kier molecular flexibility index (Phi) is 5.84. The molecule has 0 aliphatic heterocycles. The van der Waals surface area contributed by atoms with Crippen molar-refractivity contribution in [2.75, 3.05) is 24.9 Å². The highest BCUT2D eigenvalue weighted by atomic mass is 16.5. The van der Waals surface area contributed by atoms with Gasteiger partial charge in [-0.15, -0.1) is 0 Å². The van der Waals surface area contributed by atoms with Crippen LogP contribution >= 0.6 is 0 Å². The highest BCUT2D eigenvalue weighted by Crippen LogP contribution is 2.23. The van der Waals surface area contributed by atoms with E-state index in [-0.39, 0.29) is 5.91 Å². The number of pyridine rings is 2. The molecule has 0 bridgehead atoms. The van der Waals surface area contributed by atoms with Gasteiger partial charge in [-0.2, -0.15) is 0 Å². The van der Waals surface area contributed by atoms with Crippen molar-refractivity contribution < 1.29 is 14.3 Å². The molecular formula is C20H20N4O3. The van der Waals surface area contributed by atoms with Gasteiger partial charge in [0.15, 0.2) is 0 Å². The first-order chi connectivity index (χ1) is 13.2. The van der Waals surface area contributed by atoms with Gasteiger partial charge in [0.1, 0.15) is 17.3 Å². The molecule has 1 amide bonds. The summed E-state index contributed by atoms with van der Waals surface area (Å²) in [4.78, 5) is 20.9. The van der Waals surface area contributed by atoms with Crippen molar-refractivity contribution >= 4 is 17.4 Å². The van der Waals surface area contributed by atoms with Crippen molar-refractivity contribution in [2.45, 2.75) is 6.54 Å². The molecule has 2 aromatic heterocycles. The Morgan fingerprint density at radius 3 is 2.41 bits per heavy atom. The second-order valence-corrected chi connectivity index (χ2v) is 5.70. The molecule has 0 aliphatic carbocycles. The Morgan fingerprint density at radius 1 is 1.04 bits per heavy atom. The SMILES string of the molecule is COc1cc(OC)cc(C(=O)Nc2ccc(NCc3cccnc3)nc2)c1. The molecule has 1 aromatic carbocycles. The highest BCUT2D eigenvalue weighted by Gasteiger charge is 2.10. The smallest absolute Gasteiger partial charge is 0.255 e. The number of aromatic nitrogens is 2. The zero-order valence-electron chi connectivity index (χ0n) is 15.1. The van der Waals surface area contributed by atoms with E-state index < -0.39 is 0 Å². The van der Waals surface area contributed by atoms with Crippen LogP contribution in [-0.2, 0) is 6.54 Å². The zero-order chi connectivity index (χ0) is 19.1. The van der Waals surface area contributed by atoms with Gasteiger partial charge < -0.3 is 20.1 Å². The van der Waals surface area contributed by atoms with E-state index in [9.17, 15) is 4.79 Å². The van der Waals surface area contributed by atoms with Crippen LogP contribution in [0.15, 0.2) is 61.1 Å². The molecule has 0 unspecified atom stereocenters. The molecule has 2 heterocycles. The summed E-state index contributed by atoms with van der Waals surface area (Å²) >= 11 is 0. The van der Waals surface area contributed by atoms with E-state index >= 15 is 0 Å². The molecule has 27 heavy (non-hydrogen) atoms. The Bertz CT molecular complexity index is 877. The topological polar surface area (TPSA) is 85.4 Å². The molecule has 0 fully saturated rings. The van der Waals surface area contributed by atoms with Crippen LogP contribution < -0.4 is 20.1 Å². The van der Waals surface area contributed by atoms with Gasteiger partial charge in [-0.1, -0.05) is 6.07 Å². The number of carbonyl (C=O) groups is 1. The van der Waals surface area contributed by atoms with Gasteiger partial charge in [0.2, 0.25) is 0 Å². The highest BCUT2D eigenvalue weighted by molar-refractivity contribution is 6.04. The Hall–Kier alpha value is -3.61. The summed E-state index contributed by atoms with van der Waals surface area (Å²) in [6.07, 6.45) is 5.13. The summed E-state index contributed by atoms with van der Waals surface area (Å²) in [7, 11) is 3.08. The van der Waals surface area contributed by atoms with E-state index in [0.717, 1.165) is 5.56 Å². The maximum atomic E-state index is 12.5. The quantitative estimate of drug-likeness (QED) is 0.669. The summed E-state index contributed by atoms with van der Waals surface area (Å²) in [5.41, 5.74) is 2.09. The van der Waals surface area contributed by atoms with Gasteiger partial charge in [-0.3, -0.25) is 9.78 Å². The number of nitrogens with one attached hydrogen (secondary N) is 2. The molecule has 0 aliphatic rings. The molecule has 0 saturated carbocycles. The predicted molar refractivity (Wildman–Crippen MR) is 103 cm³/mol. The number of carbonyl (C=O) groups excluding carboxylic acids is 1. The normalized spacial score (nSPS) is 10.1. The Labute approximate surface area is 157 Å². The Balaban J connectivity index is 1.63. The van der Waals surface area contributed by atoms with Crippen molar-refractivity contribution in [1.29, 1.82) is 0 Å². The Morgan fingerprint density at radius 2 is 1.81 bits per heavy atom. The van der Waals surface area contributed by atoms with Gasteiger partial charge in [-0.05, 0) is 35.9 Å². The number of amides is 1. The van der Waals surface area contributed by atoms with Gasteiger partial charge >= 0.3 is 0 Å². The third-order valence-electron chi connectivity index (χ3n) is 3.83. The average Bonchev–Trinajstić information content (AvgIpc) is 2.73. The molecule has 2 N–H and O–H groups in total. The standard InChI is InChI=1S/C20H20N4O3/c1-26-17-8-15(9-18(10-17)27-2)20(25)24-16-5-6-19(23-13-16)22-12-14-4-3-7-21-11-14/h3-11,13H,12H2,1-2H3,(H,22,23)(H,24,25). The summed E-state index contributed by atoms with van der Waals surface area (Å²) in [5.74, 6) is 1.53. The first-order valence-electron chi connectivity index (χ1n) is 8.31. The fourth-order valence-electron chi connectivity index (χ4n) is 2.41. The summed E-state index contributed by atoms with van der Waals surface area (Å²) in [6, 6.07) is 12.5. The minimum absolute atomic E-state index is 0.273. The monoisotopic (exact) mass is 364 g/mol. The number of rotatable bonds is 7. The second-order valence-electron chi connectivity index (χ2n) is 5.70. The third-order valence-corrected chi connectivity index (χ3v) is 3.83. The van der Waals surface area contributed by atoms with E-state index in [0.29, 0.717) is 35.1 Å². The molecule has 0 saturated heterocycles. The molecule has 0 atom stereocenters. The van der Waals surface area contributed by atoms with Crippen molar-refractivity contribution in [2.24, 2.45) is 0 Å².